The lowest BCUT2D eigenvalue weighted by molar-refractivity contribution is 0.0683. The van der Waals surface area contributed by atoms with Gasteiger partial charge < -0.3 is 19.9 Å². The smallest absolute Gasteiger partial charge is 0.248 e. The van der Waals surface area contributed by atoms with Gasteiger partial charge in [0.2, 0.25) is 5.89 Å². The summed E-state index contributed by atoms with van der Waals surface area (Å²) in [5.74, 6) is 1.75. The number of aromatic nitrogens is 2. The molecule has 144 valence electrons. The van der Waals surface area contributed by atoms with Gasteiger partial charge in [0.1, 0.15) is 12.6 Å². The van der Waals surface area contributed by atoms with E-state index in [0.29, 0.717) is 24.9 Å². The number of ether oxygens (including phenoxy) is 1. The third-order valence-corrected chi connectivity index (χ3v) is 5.10. The van der Waals surface area contributed by atoms with Crippen molar-refractivity contribution in [3.05, 3.63) is 34.1 Å². The zero-order chi connectivity index (χ0) is 19.0. The molecule has 2 heterocycles. The van der Waals surface area contributed by atoms with Crippen molar-refractivity contribution in [3.8, 4) is 0 Å². The zero-order valence-corrected chi connectivity index (χ0v) is 17.0. The van der Waals surface area contributed by atoms with Crippen molar-refractivity contribution < 1.29 is 9.26 Å². The van der Waals surface area contributed by atoms with Crippen molar-refractivity contribution >= 4 is 17.3 Å². The molecule has 0 bridgehead atoms. The topological polar surface area (TPSA) is 84.6 Å². The van der Waals surface area contributed by atoms with Gasteiger partial charge in [-0.1, -0.05) is 25.1 Å². The lowest BCUT2D eigenvalue weighted by Gasteiger charge is -2.25. The van der Waals surface area contributed by atoms with Gasteiger partial charge in [-0.25, -0.2) is 4.99 Å². The maximum absolute atomic E-state index is 5.47. The number of nitrogens with zero attached hydrogens (tertiary/aromatic N) is 3. The van der Waals surface area contributed by atoms with Crippen LogP contribution >= 0.6 is 11.3 Å². The standard InChI is InChI=1S/C18H29N5O2S/c1-6-19-17(21-12-18(4,5)14-9-8-10-26-14)20-11-15-22-16(23-25-15)13(3)24-7-2/h8-10,13H,6-7,11-12H2,1-5H3,(H2,19,20,21). The number of hydrogen-bond acceptors (Lipinski definition) is 6. The van der Waals surface area contributed by atoms with Gasteiger partial charge in [-0.2, -0.15) is 4.98 Å². The molecule has 0 fully saturated rings. The van der Waals surface area contributed by atoms with E-state index < -0.39 is 0 Å². The first kappa shape index (κ1) is 20.4. The molecular formula is C18H29N5O2S. The number of nitrogens with one attached hydrogen (secondary N) is 2. The molecule has 2 N–H and O–H groups in total. The van der Waals surface area contributed by atoms with E-state index in [1.165, 1.54) is 4.88 Å². The fourth-order valence-corrected chi connectivity index (χ4v) is 3.22. The summed E-state index contributed by atoms with van der Waals surface area (Å²) >= 11 is 1.77. The molecule has 2 aromatic heterocycles. The van der Waals surface area contributed by atoms with Crippen LogP contribution in [-0.2, 0) is 16.7 Å². The monoisotopic (exact) mass is 379 g/mol. The second kappa shape index (κ2) is 9.68. The van der Waals surface area contributed by atoms with Gasteiger partial charge in [-0.05, 0) is 32.2 Å². The normalized spacial score (nSPS) is 13.7. The average molecular weight is 380 g/mol. The van der Waals surface area contributed by atoms with Gasteiger partial charge >= 0.3 is 0 Å². The summed E-state index contributed by atoms with van der Waals surface area (Å²) < 4.78 is 10.7. The van der Waals surface area contributed by atoms with Crippen molar-refractivity contribution in [2.45, 2.75) is 52.7 Å². The molecule has 26 heavy (non-hydrogen) atoms. The molecule has 0 spiro atoms. The molecule has 2 aromatic rings. The molecule has 7 nitrogen and oxygen atoms in total. The highest BCUT2D eigenvalue weighted by atomic mass is 32.1. The fourth-order valence-electron chi connectivity index (χ4n) is 2.37. The summed E-state index contributed by atoms with van der Waals surface area (Å²) in [6.45, 7) is 12.8. The number of aliphatic imine (C=N–C) groups is 1. The van der Waals surface area contributed by atoms with Gasteiger partial charge in [-0.3, -0.25) is 0 Å². The molecule has 0 aromatic carbocycles. The predicted molar refractivity (Wildman–Crippen MR) is 105 cm³/mol. The van der Waals surface area contributed by atoms with Crippen LogP contribution in [0.2, 0.25) is 0 Å². The van der Waals surface area contributed by atoms with Gasteiger partial charge in [0.05, 0.1) is 0 Å². The number of hydrogen-bond donors (Lipinski definition) is 2. The van der Waals surface area contributed by atoms with E-state index in [1.807, 2.05) is 20.8 Å². The van der Waals surface area contributed by atoms with E-state index in [4.69, 9.17) is 9.26 Å². The summed E-state index contributed by atoms with van der Waals surface area (Å²) in [7, 11) is 0. The lowest BCUT2D eigenvalue weighted by atomic mass is 9.91. The molecule has 0 saturated heterocycles. The van der Waals surface area contributed by atoms with Crippen LogP contribution < -0.4 is 10.6 Å². The summed E-state index contributed by atoms with van der Waals surface area (Å²) in [6, 6.07) is 4.24. The highest BCUT2D eigenvalue weighted by Crippen LogP contribution is 2.26. The highest BCUT2D eigenvalue weighted by molar-refractivity contribution is 7.10. The van der Waals surface area contributed by atoms with Crippen LogP contribution in [-0.4, -0.2) is 35.8 Å². The Morgan fingerprint density at radius 3 is 2.85 bits per heavy atom. The number of guanidine groups is 1. The Bertz CT molecular complexity index is 682. The molecule has 1 unspecified atom stereocenters. The van der Waals surface area contributed by atoms with Crippen LogP contribution in [0.15, 0.2) is 27.0 Å². The summed E-state index contributed by atoms with van der Waals surface area (Å²) in [6.07, 6.45) is -0.181. The molecule has 0 radical (unpaired) electrons. The molecule has 0 aliphatic heterocycles. The average Bonchev–Trinajstić information content (AvgIpc) is 3.29. The maximum Gasteiger partial charge on any atom is 0.248 e. The maximum atomic E-state index is 5.47. The quantitative estimate of drug-likeness (QED) is 0.514. The molecular weight excluding hydrogens is 350 g/mol. The first-order chi connectivity index (χ1) is 12.5. The minimum atomic E-state index is -0.181. The lowest BCUT2D eigenvalue weighted by Crippen LogP contribution is -2.43. The summed E-state index contributed by atoms with van der Waals surface area (Å²) in [5, 5.41) is 12.7. The van der Waals surface area contributed by atoms with Gasteiger partial charge in [0.15, 0.2) is 11.8 Å². The van der Waals surface area contributed by atoms with E-state index in [-0.39, 0.29) is 11.5 Å². The third-order valence-electron chi connectivity index (χ3n) is 3.87. The van der Waals surface area contributed by atoms with Crippen molar-refractivity contribution in [3.63, 3.8) is 0 Å². The molecule has 0 amide bonds. The molecule has 0 saturated carbocycles. The van der Waals surface area contributed by atoms with Crippen molar-refractivity contribution in [2.75, 3.05) is 19.7 Å². The largest absolute Gasteiger partial charge is 0.371 e. The predicted octanol–water partition coefficient (Wildman–Crippen LogP) is 3.26. The minimum Gasteiger partial charge on any atom is -0.371 e. The van der Waals surface area contributed by atoms with Crippen molar-refractivity contribution in [1.82, 2.24) is 20.8 Å². The Balaban J connectivity index is 1.96. The van der Waals surface area contributed by atoms with E-state index in [9.17, 15) is 0 Å². The second-order valence-electron chi connectivity index (χ2n) is 6.55. The Morgan fingerprint density at radius 1 is 1.38 bits per heavy atom. The Kier molecular flexibility index (Phi) is 7.59. The van der Waals surface area contributed by atoms with Crippen LogP contribution in [0.25, 0.3) is 0 Å². The van der Waals surface area contributed by atoms with Crippen LogP contribution in [0.3, 0.4) is 0 Å². The Hall–Kier alpha value is -1.93. The van der Waals surface area contributed by atoms with Gasteiger partial charge in [0.25, 0.3) is 0 Å². The van der Waals surface area contributed by atoms with Crippen LogP contribution in [0.4, 0.5) is 0 Å². The van der Waals surface area contributed by atoms with Crippen LogP contribution in [0.1, 0.15) is 57.3 Å². The molecule has 2 rings (SSSR count). The van der Waals surface area contributed by atoms with E-state index >= 15 is 0 Å². The Morgan fingerprint density at radius 2 is 2.19 bits per heavy atom. The van der Waals surface area contributed by atoms with E-state index in [2.05, 4.69) is 57.1 Å². The minimum absolute atomic E-state index is 0.0228. The summed E-state index contributed by atoms with van der Waals surface area (Å²) in [5.41, 5.74) is 0.0228. The van der Waals surface area contributed by atoms with Crippen LogP contribution in [0, 0.1) is 0 Å². The van der Waals surface area contributed by atoms with Crippen molar-refractivity contribution in [1.29, 1.82) is 0 Å². The zero-order valence-electron chi connectivity index (χ0n) is 16.2. The van der Waals surface area contributed by atoms with Crippen LogP contribution in [0.5, 0.6) is 0 Å². The SMILES string of the molecule is CCNC(=NCc1nc(C(C)OCC)no1)NCC(C)(C)c1cccs1. The van der Waals surface area contributed by atoms with Crippen molar-refractivity contribution in [2.24, 2.45) is 4.99 Å². The third kappa shape index (κ3) is 5.81. The van der Waals surface area contributed by atoms with Gasteiger partial charge in [-0.15, -0.1) is 11.3 Å². The number of rotatable bonds is 9. The second-order valence-corrected chi connectivity index (χ2v) is 7.50. The first-order valence-electron chi connectivity index (χ1n) is 8.96. The van der Waals surface area contributed by atoms with E-state index in [0.717, 1.165) is 19.0 Å². The fraction of sp³-hybridized carbons (Fsp3) is 0.611. The Labute approximate surface area is 159 Å². The molecule has 0 aliphatic rings. The number of thiophene rings is 1. The highest BCUT2D eigenvalue weighted by Gasteiger charge is 2.22. The molecule has 8 heteroatoms. The van der Waals surface area contributed by atoms with Gasteiger partial charge in [0, 0.05) is 30.0 Å². The summed E-state index contributed by atoms with van der Waals surface area (Å²) in [4.78, 5) is 10.2. The first-order valence-corrected chi connectivity index (χ1v) is 9.84. The molecule has 1 atom stereocenters. The van der Waals surface area contributed by atoms with E-state index in [1.54, 1.807) is 11.3 Å². The molecule has 0 aliphatic carbocycles.